The number of benzene rings is 1. The highest BCUT2D eigenvalue weighted by atomic mass is 35.5. The van der Waals surface area contributed by atoms with Crippen LogP contribution in [0, 0.1) is 5.82 Å². The Hall–Kier alpha value is -2.87. The Labute approximate surface area is 154 Å². The van der Waals surface area contributed by atoms with Crippen molar-refractivity contribution in [2.75, 3.05) is 13.2 Å². The lowest BCUT2D eigenvalue weighted by atomic mass is 10.2. The Morgan fingerprint density at radius 1 is 1.35 bits per heavy atom. The van der Waals surface area contributed by atoms with Crippen molar-refractivity contribution in [2.45, 2.75) is 13.0 Å². The lowest BCUT2D eigenvalue weighted by molar-refractivity contribution is -0.123. The fourth-order valence-corrected chi connectivity index (χ4v) is 1.97. The van der Waals surface area contributed by atoms with Crippen molar-refractivity contribution in [2.24, 2.45) is 0 Å². The standard InChI is InChI=1S/C17H17ClFN3O4/c1-11(17(24)21-7-12-8-22-26-9-12)4-5-20-16(23)10-25-13-2-3-14(18)15(19)6-13/h2-3,6,8-9H,1,4-5,7,10H2,(H,20,23)(H,21,24). The van der Waals surface area contributed by atoms with Gasteiger partial charge >= 0.3 is 0 Å². The molecule has 0 bridgehead atoms. The fraction of sp³-hybridized carbons (Fsp3) is 0.235. The predicted octanol–water partition coefficient (Wildman–Crippen LogP) is 2.22. The number of aromatic nitrogens is 1. The first-order chi connectivity index (χ1) is 12.5. The van der Waals surface area contributed by atoms with Crippen molar-refractivity contribution in [1.29, 1.82) is 0 Å². The zero-order valence-electron chi connectivity index (χ0n) is 13.8. The number of carbonyl (C=O) groups excluding carboxylic acids is 2. The molecule has 2 rings (SSSR count). The molecule has 1 heterocycles. The van der Waals surface area contributed by atoms with Crippen LogP contribution in [0.2, 0.25) is 5.02 Å². The first-order valence-corrected chi connectivity index (χ1v) is 8.02. The van der Waals surface area contributed by atoms with Crippen LogP contribution < -0.4 is 15.4 Å². The number of nitrogens with one attached hydrogen (secondary N) is 2. The van der Waals surface area contributed by atoms with Crippen molar-refractivity contribution in [3.8, 4) is 5.75 Å². The fourth-order valence-electron chi connectivity index (χ4n) is 1.85. The van der Waals surface area contributed by atoms with E-state index in [1.54, 1.807) is 0 Å². The number of amides is 2. The average Bonchev–Trinajstić information content (AvgIpc) is 3.14. The summed E-state index contributed by atoms with van der Waals surface area (Å²) in [5.74, 6) is -1.16. The molecule has 9 heteroatoms. The zero-order valence-corrected chi connectivity index (χ0v) is 14.5. The van der Waals surface area contributed by atoms with Crippen molar-refractivity contribution in [1.82, 2.24) is 15.8 Å². The summed E-state index contributed by atoms with van der Waals surface area (Å²) in [5.41, 5.74) is 1.05. The van der Waals surface area contributed by atoms with Crippen molar-refractivity contribution in [3.63, 3.8) is 0 Å². The van der Waals surface area contributed by atoms with E-state index in [2.05, 4.69) is 26.9 Å². The molecule has 0 atom stereocenters. The maximum atomic E-state index is 13.3. The topological polar surface area (TPSA) is 93.5 Å². The van der Waals surface area contributed by atoms with Gasteiger partial charge in [-0.05, 0) is 18.6 Å². The number of ether oxygens (including phenoxy) is 1. The number of hydrogen-bond donors (Lipinski definition) is 2. The summed E-state index contributed by atoms with van der Waals surface area (Å²) in [4.78, 5) is 23.5. The van der Waals surface area contributed by atoms with Crippen LogP contribution in [0.1, 0.15) is 12.0 Å². The molecule has 1 aromatic heterocycles. The van der Waals surface area contributed by atoms with Crippen LogP contribution >= 0.6 is 11.6 Å². The van der Waals surface area contributed by atoms with Crippen LogP contribution in [0.15, 0.2) is 47.3 Å². The Bertz CT molecular complexity index is 780. The molecule has 2 aromatic rings. The van der Waals surface area contributed by atoms with Crippen molar-refractivity contribution < 1.29 is 23.2 Å². The highest BCUT2D eigenvalue weighted by Gasteiger charge is 2.09. The minimum absolute atomic E-state index is 0.0253. The summed E-state index contributed by atoms with van der Waals surface area (Å²) in [6.07, 6.45) is 3.20. The third-order valence-corrected chi connectivity index (χ3v) is 3.57. The minimum atomic E-state index is -0.627. The molecule has 0 radical (unpaired) electrons. The summed E-state index contributed by atoms with van der Waals surface area (Å²) >= 11 is 5.56. The van der Waals surface area contributed by atoms with Gasteiger partial charge < -0.3 is 19.9 Å². The van der Waals surface area contributed by atoms with Crippen LogP contribution in [0.25, 0.3) is 0 Å². The monoisotopic (exact) mass is 381 g/mol. The zero-order chi connectivity index (χ0) is 18.9. The summed E-state index contributed by atoms with van der Waals surface area (Å²) in [6, 6.07) is 3.89. The van der Waals surface area contributed by atoms with E-state index in [0.717, 1.165) is 11.6 Å². The molecule has 2 N–H and O–H groups in total. The van der Waals surface area contributed by atoms with Gasteiger partial charge in [-0.25, -0.2) is 4.39 Å². The van der Waals surface area contributed by atoms with E-state index in [-0.39, 0.29) is 42.8 Å². The molecule has 26 heavy (non-hydrogen) atoms. The molecule has 2 amide bonds. The average molecular weight is 382 g/mol. The normalized spacial score (nSPS) is 10.2. The third kappa shape index (κ3) is 6.21. The number of nitrogens with zero attached hydrogens (tertiary/aromatic N) is 1. The summed E-state index contributed by atoms with van der Waals surface area (Å²) in [5, 5.41) is 8.74. The van der Waals surface area contributed by atoms with Crippen LogP contribution in [0.3, 0.4) is 0 Å². The van der Waals surface area contributed by atoms with Crippen molar-refractivity contribution in [3.05, 3.63) is 59.2 Å². The molecule has 0 spiro atoms. The van der Waals surface area contributed by atoms with E-state index in [1.165, 1.54) is 24.6 Å². The largest absolute Gasteiger partial charge is 0.484 e. The SMILES string of the molecule is C=C(CCNC(=O)COc1ccc(Cl)c(F)c1)C(=O)NCc1cnoc1. The Morgan fingerprint density at radius 3 is 2.85 bits per heavy atom. The molecule has 0 unspecified atom stereocenters. The van der Waals surface area contributed by atoms with Crippen LogP contribution in [-0.4, -0.2) is 30.1 Å². The minimum Gasteiger partial charge on any atom is -0.484 e. The van der Waals surface area contributed by atoms with E-state index >= 15 is 0 Å². The maximum absolute atomic E-state index is 13.3. The first-order valence-electron chi connectivity index (χ1n) is 7.64. The highest BCUT2D eigenvalue weighted by Crippen LogP contribution is 2.20. The molecule has 0 aliphatic heterocycles. The van der Waals surface area contributed by atoms with Crippen LogP contribution in [0.5, 0.6) is 5.75 Å². The second-order valence-corrected chi connectivity index (χ2v) is 5.69. The third-order valence-electron chi connectivity index (χ3n) is 3.27. The first kappa shape index (κ1) is 19.5. The van der Waals surface area contributed by atoms with Gasteiger partial charge in [0.15, 0.2) is 6.61 Å². The second kappa shape index (κ2) is 9.57. The van der Waals surface area contributed by atoms with E-state index in [4.69, 9.17) is 16.3 Å². The summed E-state index contributed by atoms with van der Waals surface area (Å²) in [7, 11) is 0. The molecule has 0 saturated carbocycles. The molecular weight excluding hydrogens is 365 g/mol. The smallest absolute Gasteiger partial charge is 0.257 e. The number of rotatable bonds is 9. The van der Waals surface area contributed by atoms with Crippen LogP contribution in [0.4, 0.5) is 4.39 Å². The van der Waals surface area contributed by atoms with E-state index in [1.807, 2.05) is 0 Å². The van der Waals surface area contributed by atoms with Gasteiger partial charge in [-0.2, -0.15) is 0 Å². The van der Waals surface area contributed by atoms with Gasteiger partial charge in [0.2, 0.25) is 5.91 Å². The second-order valence-electron chi connectivity index (χ2n) is 5.28. The predicted molar refractivity (Wildman–Crippen MR) is 92.0 cm³/mol. The lowest BCUT2D eigenvalue weighted by Crippen LogP contribution is -2.31. The van der Waals surface area contributed by atoms with E-state index in [0.29, 0.717) is 5.57 Å². The van der Waals surface area contributed by atoms with Gasteiger partial charge in [0.25, 0.3) is 5.91 Å². The lowest BCUT2D eigenvalue weighted by Gasteiger charge is -2.09. The quantitative estimate of drug-likeness (QED) is 0.650. The molecule has 7 nitrogen and oxygen atoms in total. The van der Waals surface area contributed by atoms with Gasteiger partial charge in [-0.3, -0.25) is 9.59 Å². The number of hydrogen-bond acceptors (Lipinski definition) is 5. The van der Waals surface area contributed by atoms with Crippen molar-refractivity contribution >= 4 is 23.4 Å². The van der Waals surface area contributed by atoms with Gasteiger partial charge in [-0.1, -0.05) is 23.3 Å². The van der Waals surface area contributed by atoms with Gasteiger partial charge in [0.1, 0.15) is 17.8 Å². The summed E-state index contributed by atoms with van der Waals surface area (Å²) in [6.45, 7) is 3.89. The molecule has 138 valence electrons. The molecule has 0 aliphatic rings. The molecule has 0 fully saturated rings. The molecule has 0 saturated heterocycles. The molecule has 1 aromatic carbocycles. The van der Waals surface area contributed by atoms with Gasteiger partial charge in [0.05, 0.1) is 11.2 Å². The van der Waals surface area contributed by atoms with E-state index in [9.17, 15) is 14.0 Å². The Balaban J connectivity index is 1.63. The molecule has 0 aliphatic carbocycles. The van der Waals surface area contributed by atoms with Gasteiger partial charge in [-0.15, -0.1) is 0 Å². The Morgan fingerprint density at radius 2 is 2.15 bits per heavy atom. The highest BCUT2D eigenvalue weighted by molar-refractivity contribution is 6.30. The van der Waals surface area contributed by atoms with Gasteiger partial charge in [0, 0.05) is 30.3 Å². The molecular formula is C17H17ClFN3O4. The summed E-state index contributed by atoms with van der Waals surface area (Å²) < 4.78 is 23.1. The van der Waals surface area contributed by atoms with E-state index < -0.39 is 11.7 Å². The number of carbonyl (C=O) groups is 2. The number of halogens is 2. The Kier molecular flexibility index (Phi) is 7.16. The van der Waals surface area contributed by atoms with Crippen LogP contribution in [-0.2, 0) is 16.1 Å². The maximum Gasteiger partial charge on any atom is 0.257 e.